The van der Waals surface area contributed by atoms with Crippen molar-refractivity contribution in [1.29, 1.82) is 0 Å². The Bertz CT molecular complexity index is 461. The smallest absolute Gasteiger partial charge is 0.0729 e. The standard InChI is InChI=1S/C14H16BrNS/c1-10-5-4-6-11(15)14(10)16-9-17-13-8-3-2-7-12(13)16/h4-6H,2-3,7-9H2,1H3. The van der Waals surface area contributed by atoms with Crippen molar-refractivity contribution >= 4 is 33.4 Å². The molecule has 0 saturated carbocycles. The Kier molecular flexibility index (Phi) is 3.22. The number of nitrogens with zero attached hydrogens (tertiary/aromatic N) is 1. The number of benzene rings is 1. The van der Waals surface area contributed by atoms with E-state index in [1.54, 1.807) is 10.6 Å². The van der Waals surface area contributed by atoms with Gasteiger partial charge in [-0.1, -0.05) is 12.1 Å². The molecule has 1 aliphatic carbocycles. The van der Waals surface area contributed by atoms with E-state index < -0.39 is 0 Å². The lowest BCUT2D eigenvalue weighted by Crippen LogP contribution is -2.20. The van der Waals surface area contributed by atoms with Gasteiger partial charge in [0.2, 0.25) is 0 Å². The van der Waals surface area contributed by atoms with Gasteiger partial charge in [0, 0.05) is 15.1 Å². The van der Waals surface area contributed by atoms with E-state index in [1.807, 2.05) is 11.8 Å². The van der Waals surface area contributed by atoms with E-state index in [2.05, 4.69) is 46.0 Å². The Labute approximate surface area is 115 Å². The zero-order chi connectivity index (χ0) is 11.8. The van der Waals surface area contributed by atoms with Crippen molar-refractivity contribution in [3.63, 3.8) is 0 Å². The molecule has 0 amide bonds. The Morgan fingerprint density at radius 2 is 2.06 bits per heavy atom. The van der Waals surface area contributed by atoms with Crippen LogP contribution in [0.3, 0.4) is 0 Å². The van der Waals surface area contributed by atoms with Gasteiger partial charge in [0.15, 0.2) is 0 Å². The molecule has 2 aliphatic rings. The first kappa shape index (κ1) is 11.7. The maximum absolute atomic E-state index is 3.70. The molecule has 0 spiro atoms. The Morgan fingerprint density at radius 3 is 2.88 bits per heavy atom. The average Bonchev–Trinajstić information content (AvgIpc) is 2.73. The lowest BCUT2D eigenvalue weighted by atomic mass is 10.0. The minimum Gasteiger partial charge on any atom is -0.333 e. The Balaban J connectivity index is 2.03. The highest BCUT2D eigenvalue weighted by molar-refractivity contribution is 9.10. The molecule has 3 heteroatoms. The van der Waals surface area contributed by atoms with E-state index >= 15 is 0 Å². The minimum atomic E-state index is 1.09. The van der Waals surface area contributed by atoms with E-state index in [4.69, 9.17) is 0 Å². The maximum Gasteiger partial charge on any atom is 0.0729 e. The molecule has 1 heterocycles. The second kappa shape index (κ2) is 4.69. The molecule has 17 heavy (non-hydrogen) atoms. The molecule has 0 bridgehead atoms. The first-order valence-corrected chi connectivity index (χ1v) is 7.92. The number of hydrogen-bond acceptors (Lipinski definition) is 2. The molecule has 0 saturated heterocycles. The molecular formula is C14H16BrNS. The zero-order valence-corrected chi connectivity index (χ0v) is 12.4. The molecule has 0 fully saturated rings. The molecule has 0 radical (unpaired) electrons. The highest BCUT2D eigenvalue weighted by atomic mass is 79.9. The predicted molar refractivity (Wildman–Crippen MR) is 79.3 cm³/mol. The minimum absolute atomic E-state index is 1.09. The SMILES string of the molecule is Cc1cccc(Br)c1N1CSC2=C1CCCC2. The molecule has 0 atom stereocenters. The third-order valence-electron chi connectivity index (χ3n) is 3.54. The highest BCUT2D eigenvalue weighted by Crippen LogP contribution is 2.45. The van der Waals surface area contributed by atoms with Crippen LogP contribution in [0.2, 0.25) is 0 Å². The van der Waals surface area contributed by atoms with Gasteiger partial charge in [-0.3, -0.25) is 0 Å². The number of rotatable bonds is 1. The second-order valence-electron chi connectivity index (χ2n) is 4.68. The van der Waals surface area contributed by atoms with Gasteiger partial charge < -0.3 is 4.90 Å². The van der Waals surface area contributed by atoms with Crippen LogP contribution in [0.4, 0.5) is 5.69 Å². The molecule has 1 aromatic carbocycles. The Hall–Kier alpha value is -0.410. The van der Waals surface area contributed by atoms with E-state index in [0.717, 1.165) is 5.88 Å². The topological polar surface area (TPSA) is 3.24 Å². The van der Waals surface area contributed by atoms with Gasteiger partial charge >= 0.3 is 0 Å². The molecule has 0 N–H and O–H groups in total. The van der Waals surface area contributed by atoms with Crippen LogP contribution in [0.1, 0.15) is 31.2 Å². The number of allylic oxidation sites excluding steroid dienone is 2. The van der Waals surface area contributed by atoms with Crippen LogP contribution in [-0.2, 0) is 0 Å². The highest BCUT2D eigenvalue weighted by Gasteiger charge is 2.27. The molecule has 1 aromatic rings. The van der Waals surface area contributed by atoms with Crippen molar-refractivity contribution in [1.82, 2.24) is 0 Å². The van der Waals surface area contributed by atoms with E-state index in [9.17, 15) is 0 Å². The quantitative estimate of drug-likeness (QED) is 0.714. The molecule has 0 aromatic heterocycles. The Morgan fingerprint density at radius 1 is 1.24 bits per heavy atom. The van der Waals surface area contributed by atoms with Crippen LogP contribution < -0.4 is 4.90 Å². The average molecular weight is 310 g/mol. The van der Waals surface area contributed by atoms with E-state index in [1.165, 1.54) is 41.4 Å². The van der Waals surface area contributed by atoms with Gasteiger partial charge in [-0.05, 0) is 60.2 Å². The van der Waals surface area contributed by atoms with Gasteiger partial charge in [-0.15, -0.1) is 11.8 Å². The number of halogens is 1. The molecule has 1 aliphatic heterocycles. The van der Waals surface area contributed by atoms with Crippen molar-refractivity contribution in [3.05, 3.63) is 38.8 Å². The van der Waals surface area contributed by atoms with Crippen LogP contribution in [0.25, 0.3) is 0 Å². The molecule has 90 valence electrons. The maximum atomic E-state index is 3.70. The monoisotopic (exact) mass is 309 g/mol. The number of hydrogen-bond donors (Lipinski definition) is 0. The first-order valence-electron chi connectivity index (χ1n) is 6.15. The summed E-state index contributed by atoms with van der Waals surface area (Å²) >= 11 is 5.73. The van der Waals surface area contributed by atoms with Crippen molar-refractivity contribution < 1.29 is 0 Å². The summed E-state index contributed by atoms with van der Waals surface area (Å²) in [5.41, 5.74) is 4.31. The van der Waals surface area contributed by atoms with Crippen LogP contribution in [0.5, 0.6) is 0 Å². The van der Waals surface area contributed by atoms with Crippen LogP contribution >= 0.6 is 27.7 Å². The number of thioether (sulfide) groups is 1. The normalized spacial score (nSPS) is 19.8. The summed E-state index contributed by atoms with van der Waals surface area (Å²) in [4.78, 5) is 4.14. The molecule has 3 rings (SSSR count). The van der Waals surface area contributed by atoms with Crippen molar-refractivity contribution in [2.75, 3.05) is 10.8 Å². The van der Waals surface area contributed by atoms with Crippen LogP contribution in [0.15, 0.2) is 33.3 Å². The lowest BCUT2D eigenvalue weighted by Gasteiger charge is -2.26. The predicted octanol–water partition coefficient (Wildman–Crippen LogP) is 5.05. The third-order valence-corrected chi connectivity index (χ3v) is 5.36. The molecular weight excluding hydrogens is 294 g/mol. The van der Waals surface area contributed by atoms with Gasteiger partial charge in [-0.25, -0.2) is 0 Å². The number of aryl methyl sites for hydroxylation is 1. The summed E-state index contributed by atoms with van der Waals surface area (Å²) in [6.07, 6.45) is 5.26. The number of para-hydroxylation sites is 1. The molecule has 0 unspecified atom stereocenters. The van der Waals surface area contributed by atoms with Gasteiger partial charge in [-0.2, -0.15) is 0 Å². The summed E-state index contributed by atoms with van der Waals surface area (Å²) in [5.74, 6) is 1.09. The van der Waals surface area contributed by atoms with Crippen molar-refractivity contribution in [2.24, 2.45) is 0 Å². The molecule has 1 nitrogen and oxygen atoms in total. The van der Waals surface area contributed by atoms with Crippen molar-refractivity contribution in [3.8, 4) is 0 Å². The summed E-state index contributed by atoms with van der Waals surface area (Å²) in [6, 6.07) is 6.46. The number of anilines is 1. The third kappa shape index (κ3) is 2.04. The fourth-order valence-electron chi connectivity index (χ4n) is 2.69. The van der Waals surface area contributed by atoms with Gasteiger partial charge in [0.25, 0.3) is 0 Å². The fraction of sp³-hybridized carbons (Fsp3) is 0.429. The first-order chi connectivity index (χ1) is 8.27. The lowest BCUT2D eigenvalue weighted by molar-refractivity contribution is 0.683. The fourth-order valence-corrected chi connectivity index (χ4v) is 4.60. The van der Waals surface area contributed by atoms with E-state index in [-0.39, 0.29) is 0 Å². The van der Waals surface area contributed by atoms with Gasteiger partial charge in [0.05, 0.1) is 11.6 Å². The zero-order valence-electron chi connectivity index (χ0n) is 10.0. The summed E-state index contributed by atoms with van der Waals surface area (Å²) < 4.78 is 1.22. The second-order valence-corrected chi connectivity index (χ2v) is 6.58. The van der Waals surface area contributed by atoms with Crippen LogP contribution in [0, 0.1) is 6.92 Å². The van der Waals surface area contributed by atoms with E-state index in [0.29, 0.717) is 0 Å². The summed E-state index contributed by atoms with van der Waals surface area (Å²) in [6.45, 7) is 2.20. The van der Waals surface area contributed by atoms with Crippen molar-refractivity contribution in [2.45, 2.75) is 32.6 Å². The van der Waals surface area contributed by atoms with Gasteiger partial charge in [0.1, 0.15) is 0 Å². The largest absolute Gasteiger partial charge is 0.333 e. The summed E-state index contributed by atoms with van der Waals surface area (Å²) in [7, 11) is 0. The summed E-state index contributed by atoms with van der Waals surface area (Å²) in [5, 5.41) is 0. The van der Waals surface area contributed by atoms with Crippen LogP contribution in [-0.4, -0.2) is 5.88 Å².